The van der Waals surface area contributed by atoms with E-state index < -0.39 is 0 Å². The molecule has 0 aromatic rings. The van der Waals surface area contributed by atoms with Gasteiger partial charge in [-0.2, -0.15) is 0 Å². The highest BCUT2D eigenvalue weighted by Crippen LogP contribution is 2.09. The Kier molecular flexibility index (Phi) is 1.68. The average Bonchev–Trinajstić information content (AvgIpc) is 1.77. The van der Waals surface area contributed by atoms with E-state index in [-0.39, 0.29) is 5.78 Å². The topological polar surface area (TPSA) is 29.1 Å². The minimum Gasteiger partial charge on any atom is -0.389 e. The molecule has 0 aliphatic carbocycles. The highest BCUT2D eigenvalue weighted by molar-refractivity contribution is 9.12. The van der Waals surface area contributed by atoms with Gasteiger partial charge in [0, 0.05) is 19.2 Å². The summed E-state index contributed by atoms with van der Waals surface area (Å²) >= 11 is 3.10. The molecule has 1 heterocycles. The van der Waals surface area contributed by atoms with Crippen molar-refractivity contribution in [3.63, 3.8) is 0 Å². The van der Waals surface area contributed by atoms with Crippen LogP contribution in [0.15, 0.2) is 10.7 Å². The Hall–Kier alpha value is -0.310. The first-order valence-electron chi connectivity index (χ1n) is 2.43. The molecule has 1 rings (SSSR count). The maximum absolute atomic E-state index is 10.6. The second-order valence-corrected chi connectivity index (χ2v) is 2.47. The van der Waals surface area contributed by atoms with Gasteiger partial charge in [0.15, 0.2) is 5.78 Å². The van der Waals surface area contributed by atoms with Gasteiger partial charge in [-0.05, 0) is 15.9 Å². The van der Waals surface area contributed by atoms with Crippen molar-refractivity contribution in [2.75, 3.05) is 6.54 Å². The Labute approximate surface area is 56.1 Å². The van der Waals surface area contributed by atoms with Crippen LogP contribution in [-0.2, 0) is 4.79 Å². The van der Waals surface area contributed by atoms with Gasteiger partial charge in [-0.25, -0.2) is 0 Å². The van der Waals surface area contributed by atoms with Crippen molar-refractivity contribution >= 4 is 21.7 Å². The van der Waals surface area contributed by atoms with Crippen molar-refractivity contribution in [2.45, 2.75) is 6.42 Å². The van der Waals surface area contributed by atoms with Crippen LogP contribution in [0.2, 0.25) is 0 Å². The molecule has 0 fully saturated rings. The zero-order chi connectivity index (χ0) is 5.98. The lowest BCUT2D eigenvalue weighted by atomic mass is 10.2. The Morgan fingerprint density at radius 1 is 1.75 bits per heavy atom. The largest absolute Gasteiger partial charge is 0.389 e. The molecule has 0 saturated heterocycles. The van der Waals surface area contributed by atoms with E-state index in [9.17, 15) is 4.79 Å². The number of carbonyl (C=O) groups is 1. The maximum atomic E-state index is 10.6. The van der Waals surface area contributed by atoms with E-state index in [1.807, 2.05) is 0 Å². The molecule has 8 heavy (non-hydrogen) atoms. The number of carbonyl (C=O) groups excluding carboxylic acids is 1. The van der Waals surface area contributed by atoms with E-state index in [0.29, 0.717) is 10.9 Å². The third-order valence-electron chi connectivity index (χ3n) is 0.992. The molecule has 2 nitrogen and oxygen atoms in total. The van der Waals surface area contributed by atoms with Crippen LogP contribution in [0.3, 0.4) is 0 Å². The van der Waals surface area contributed by atoms with Crippen LogP contribution in [0.25, 0.3) is 0 Å². The van der Waals surface area contributed by atoms with Crippen LogP contribution >= 0.6 is 15.9 Å². The van der Waals surface area contributed by atoms with Crippen molar-refractivity contribution in [3.05, 3.63) is 10.7 Å². The zero-order valence-corrected chi connectivity index (χ0v) is 5.86. The van der Waals surface area contributed by atoms with Gasteiger partial charge >= 0.3 is 0 Å². The van der Waals surface area contributed by atoms with Crippen LogP contribution in [0.4, 0.5) is 0 Å². The fourth-order valence-electron chi connectivity index (χ4n) is 0.547. The molecule has 0 saturated carbocycles. The lowest BCUT2D eigenvalue weighted by molar-refractivity contribution is -0.115. The number of nitrogens with one attached hydrogen (secondary N) is 1. The fourth-order valence-corrected chi connectivity index (χ4v) is 0.908. The summed E-state index contributed by atoms with van der Waals surface area (Å²) in [5.74, 6) is 0.184. The first-order valence-corrected chi connectivity index (χ1v) is 3.22. The molecule has 1 N–H and O–H groups in total. The molecule has 1 aliphatic rings. The normalized spacial score (nSPS) is 19.6. The lowest BCUT2D eigenvalue weighted by Gasteiger charge is -2.06. The van der Waals surface area contributed by atoms with Crippen LogP contribution in [0.5, 0.6) is 0 Å². The van der Waals surface area contributed by atoms with Gasteiger partial charge in [-0.1, -0.05) is 0 Å². The summed E-state index contributed by atoms with van der Waals surface area (Å²) in [5, 5.41) is 2.94. The van der Waals surface area contributed by atoms with Crippen LogP contribution in [0.1, 0.15) is 6.42 Å². The number of allylic oxidation sites excluding steroid dienone is 1. The maximum Gasteiger partial charge on any atom is 0.173 e. The highest BCUT2D eigenvalue weighted by atomic mass is 79.9. The summed E-state index contributed by atoms with van der Waals surface area (Å²) in [5.41, 5.74) is 0. The summed E-state index contributed by atoms with van der Waals surface area (Å²) in [4.78, 5) is 10.6. The molecule has 0 amide bonds. The van der Waals surface area contributed by atoms with Gasteiger partial charge in [0.05, 0.1) is 4.48 Å². The molecule has 0 radical (unpaired) electrons. The average molecular weight is 176 g/mol. The van der Waals surface area contributed by atoms with Gasteiger partial charge < -0.3 is 5.32 Å². The van der Waals surface area contributed by atoms with Gasteiger partial charge in [-0.15, -0.1) is 0 Å². The van der Waals surface area contributed by atoms with Gasteiger partial charge in [0.2, 0.25) is 0 Å². The van der Waals surface area contributed by atoms with E-state index in [2.05, 4.69) is 21.2 Å². The van der Waals surface area contributed by atoms with Gasteiger partial charge in [0.25, 0.3) is 0 Å². The summed E-state index contributed by atoms with van der Waals surface area (Å²) in [6.45, 7) is 0.772. The number of Topliss-reactive ketones (excluding diaryl/α,β-unsaturated/α-hetero) is 1. The zero-order valence-electron chi connectivity index (χ0n) is 4.28. The van der Waals surface area contributed by atoms with Crippen molar-refractivity contribution in [3.8, 4) is 0 Å². The fraction of sp³-hybridized carbons (Fsp3) is 0.400. The number of hydrogen-bond donors (Lipinski definition) is 1. The Balaban J connectivity index is 2.67. The molecular weight excluding hydrogens is 170 g/mol. The quantitative estimate of drug-likeness (QED) is 0.590. The molecule has 0 spiro atoms. The molecule has 0 bridgehead atoms. The first kappa shape index (κ1) is 5.82. The second kappa shape index (κ2) is 2.31. The molecule has 0 unspecified atom stereocenters. The predicted octanol–water partition coefficient (Wildman–Crippen LogP) is 0.785. The summed E-state index contributed by atoms with van der Waals surface area (Å²) in [6, 6.07) is 0. The van der Waals surface area contributed by atoms with E-state index in [0.717, 1.165) is 6.54 Å². The van der Waals surface area contributed by atoms with Crippen molar-refractivity contribution < 1.29 is 4.79 Å². The van der Waals surface area contributed by atoms with Crippen LogP contribution in [-0.4, -0.2) is 12.3 Å². The van der Waals surface area contributed by atoms with E-state index in [4.69, 9.17) is 0 Å². The standard InChI is InChI=1S/C5H6BrNO/c6-4-3-7-2-1-5(4)8/h3,7H,1-2H2. The number of ketones is 1. The van der Waals surface area contributed by atoms with E-state index in [1.54, 1.807) is 6.20 Å². The highest BCUT2D eigenvalue weighted by Gasteiger charge is 2.08. The predicted molar refractivity (Wildman–Crippen MR) is 34.6 cm³/mol. The van der Waals surface area contributed by atoms with E-state index >= 15 is 0 Å². The second-order valence-electron chi connectivity index (χ2n) is 1.62. The third kappa shape index (κ3) is 1.10. The number of hydrogen-bond acceptors (Lipinski definition) is 2. The lowest BCUT2D eigenvalue weighted by Crippen LogP contribution is -2.18. The first-order chi connectivity index (χ1) is 3.80. The minimum atomic E-state index is 0.184. The molecular formula is C5H6BrNO. The number of halogens is 1. The Morgan fingerprint density at radius 2 is 2.50 bits per heavy atom. The molecule has 0 atom stereocenters. The molecule has 1 aliphatic heterocycles. The number of rotatable bonds is 0. The Morgan fingerprint density at radius 3 is 2.88 bits per heavy atom. The molecule has 44 valence electrons. The molecule has 0 aromatic carbocycles. The van der Waals surface area contributed by atoms with Crippen molar-refractivity contribution in [1.29, 1.82) is 0 Å². The smallest absolute Gasteiger partial charge is 0.173 e. The summed E-state index contributed by atoms with van der Waals surface area (Å²) in [6.07, 6.45) is 2.29. The monoisotopic (exact) mass is 175 g/mol. The van der Waals surface area contributed by atoms with Crippen LogP contribution in [0, 0.1) is 0 Å². The third-order valence-corrected chi connectivity index (χ3v) is 1.66. The Bertz CT molecular complexity index is 141. The van der Waals surface area contributed by atoms with Gasteiger partial charge in [0.1, 0.15) is 0 Å². The molecule has 0 aromatic heterocycles. The van der Waals surface area contributed by atoms with Crippen LogP contribution < -0.4 is 5.32 Å². The summed E-state index contributed by atoms with van der Waals surface area (Å²) in [7, 11) is 0. The SMILES string of the molecule is O=C1CCNC=C1Br. The summed E-state index contributed by atoms with van der Waals surface area (Å²) < 4.78 is 0.656. The van der Waals surface area contributed by atoms with Gasteiger partial charge in [-0.3, -0.25) is 4.79 Å². The molecule has 3 heteroatoms. The van der Waals surface area contributed by atoms with E-state index in [1.165, 1.54) is 0 Å². The van der Waals surface area contributed by atoms with Crippen molar-refractivity contribution in [2.24, 2.45) is 0 Å². The minimum absolute atomic E-state index is 0.184. The van der Waals surface area contributed by atoms with Crippen molar-refractivity contribution in [1.82, 2.24) is 5.32 Å².